The molecule has 0 saturated carbocycles. The van der Waals surface area contributed by atoms with Crippen LogP contribution in [0.5, 0.6) is 0 Å². The minimum Gasteiger partial charge on any atom is -0.354 e. The summed E-state index contributed by atoms with van der Waals surface area (Å²) in [5.74, 6) is 1.42. The summed E-state index contributed by atoms with van der Waals surface area (Å²) in [6.45, 7) is 8.23. The van der Waals surface area contributed by atoms with Crippen molar-refractivity contribution in [2.75, 3.05) is 29.9 Å². The number of nitrogens with one attached hydrogen (secondary N) is 1. The van der Waals surface area contributed by atoms with Crippen LogP contribution in [0.25, 0.3) is 0 Å². The largest absolute Gasteiger partial charge is 0.354 e. The van der Waals surface area contributed by atoms with Gasteiger partial charge in [0.2, 0.25) is 17.2 Å². The highest BCUT2D eigenvalue weighted by Crippen LogP contribution is 2.15. The van der Waals surface area contributed by atoms with Gasteiger partial charge in [0.1, 0.15) is 0 Å². The van der Waals surface area contributed by atoms with Gasteiger partial charge in [-0.3, -0.25) is 0 Å². The minimum atomic E-state index is 0.159. The molecule has 19 heavy (non-hydrogen) atoms. The van der Waals surface area contributed by atoms with E-state index in [1.807, 2.05) is 11.8 Å². The molecule has 0 spiro atoms. The molecule has 1 rings (SSSR count). The Morgan fingerprint density at radius 3 is 2.68 bits per heavy atom. The van der Waals surface area contributed by atoms with Crippen molar-refractivity contribution in [3.05, 3.63) is 5.28 Å². The summed E-state index contributed by atoms with van der Waals surface area (Å²) in [5.41, 5.74) is 0. The van der Waals surface area contributed by atoms with Crippen molar-refractivity contribution >= 4 is 23.5 Å². The van der Waals surface area contributed by atoms with E-state index in [0.717, 1.165) is 6.54 Å². The third-order valence-electron chi connectivity index (χ3n) is 2.29. The van der Waals surface area contributed by atoms with Gasteiger partial charge in [0.25, 0.3) is 0 Å². The van der Waals surface area contributed by atoms with Crippen LogP contribution < -0.4 is 10.2 Å². The van der Waals surface area contributed by atoms with Crippen molar-refractivity contribution in [3.8, 4) is 6.07 Å². The number of aromatic nitrogens is 3. The molecule has 0 saturated heterocycles. The first-order valence-electron chi connectivity index (χ1n) is 6.34. The number of rotatable bonds is 7. The molecular weight excluding hydrogens is 264 g/mol. The average molecular weight is 283 g/mol. The van der Waals surface area contributed by atoms with Crippen LogP contribution in [0.2, 0.25) is 5.28 Å². The van der Waals surface area contributed by atoms with Gasteiger partial charge in [0.15, 0.2) is 0 Å². The van der Waals surface area contributed by atoms with E-state index in [0.29, 0.717) is 37.3 Å². The van der Waals surface area contributed by atoms with E-state index in [4.69, 9.17) is 16.9 Å². The van der Waals surface area contributed by atoms with Crippen molar-refractivity contribution in [1.29, 1.82) is 5.26 Å². The zero-order chi connectivity index (χ0) is 14.3. The van der Waals surface area contributed by atoms with Gasteiger partial charge >= 0.3 is 0 Å². The quantitative estimate of drug-likeness (QED) is 0.827. The zero-order valence-corrected chi connectivity index (χ0v) is 12.3. The molecule has 0 atom stereocenters. The summed E-state index contributed by atoms with van der Waals surface area (Å²) in [7, 11) is 0. The second-order valence-corrected chi connectivity index (χ2v) is 4.84. The van der Waals surface area contributed by atoms with E-state index in [-0.39, 0.29) is 5.28 Å². The summed E-state index contributed by atoms with van der Waals surface area (Å²) in [6, 6.07) is 2.13. The Morgan fingerprint density at radius 2 is 2.11 bits per heavy atom. The van der Waals surface area contributed by atoms with Crippen molar-refractivity contribution in [1.82, 2.24) is 15.0 Å². The first-order valence-corrected chi connectivity index (χ1v) is 6.72. The Labute approximate surface area is 118 Å². The van der Waals surface area contributed by atoms with E-state index in [1.54, 1.807) is 0 Å². The average Bonchev–Trinajstić information content (AvgIpc) is 2.33. The van der Waals surface area contributed by atoms with E-state index in [1.165, 1.54) is 0 Å². The van der Waals surface area contributed by atoms with Crippen LogP contribution in [0.1, 0.15) is 27.2 Å². The highest BCUT2D eigenvalue weighted by Gasteiger charge is 2.14. The highest BCUT2D eigenvalue weighted by molar-refractivity contribution is 6.28. The Kier molecular flexibility index (Phi) is 6.30. The SMILES string of the molecule is CCNc1nc(Cl)nc(N(CCC#N)CC(C)C)n1. The van der Waals surface area contributed by atoms with Gasteiger partial charge in [-0.1, -0.05) is 13.8 Å². The van der Waals surface area contributed by atoms with Crippen LogP contribution in [0.15, 0.2) is 0 Å². The first-order chi connectivity index (χ1) is 9.06. The lowest BCUT2D eigenvalue weighted by molar-refractivity contribution is 0.601. The van der Waals surface area contributed by atoms with Gasteiger partial charge in [-0.15, -0.1) is 0 Å². The third-order valence-corrected chi connectivity index (χ3v) is 2.46. The molecule has 0 radical (unpaired) electrons. The topological polar surface area (TPSA) is 77.7 Å². The number of hydrogen-bond acceptors (Lipinski definition) is 6. The third kappa shape index (κ3) is 5.26. The summed E-state index contributed by atoms with van der Waals surface area (Å²) >= 11 is 5.91. The number of halogens is 1. The minimum absolute atomic E-state index is 0.159. The molecule has 1 N–H and O–H groups in total. The maximum absolute atomic E-state index is 8.72. The Hall–Kier alpha value is -1.61. The molecule has 6 nitrogen and oxygen atoms in total. The van der Waals surface area contributed by atoms with Crippen LogP contribution in [-0.2, 0) is 0 Å². The van der Waals surface area contributed by atoms with Crippen LogP contribution in [0.4, 0.5) is 11.9 Å². The lowest BCUT2D eigenvalue weighted by atomic mass is 10.2. The second-order valence-electron chi connectivity index (χ2n) is 4.51. The number of anilines is 2. The molecule has 1 aromatic heterocycles. The molecule has 0 aliphatic carbocycles. The Bertz CT molecular complexity index is 442. The fraction of sp³-hybridized carbons (Fsp3) is 0.667. The predicted octanol–water partition coefficient (Wildman–Crippen LogP) is 2.33. The van der Waals surface area contributed by atoms with Gasteiger partial charge in [0.05, 0.1) is 12.5 Å². The molecule has 1 aromatic rings. The fourth-order valence-electron chi connectivity index (χ4n) is 1.62. The fourth-order valence-corrected chi connectivity index (χ4v) is 1.77. The molecule has 0 bridgehead atoms. The molecule has 0 aliphatic rings. The Morgan fingerprint density at radius 1 is 1.37 bits per heavy atom. The molecule has 0 aliphatic heterocycles. The summed E-state index contributed by atoms with van der Waals surface area (Å²) < 4.78 is 0. The van der Waals surface area contributed by atoms with Gasteiger partial charge < -0.3 is 10.2 Å². The molecule has 0 fully saturated rings. The number of nitrogens with zero attached hydrogens (tertiary/aromatic N) is 5. The second kappa shape index (κ2) is 7.74. The predicted molar refractivity (Wildman–Crippen MR) is 76.3 cm³/mol. The van der Waals surface area contributed by atoms with Gasteiger partial charge in [-0.25, -0.2) is 0 Å². The van der Waals surface area contributed by atoms with Gasteiger partial charge in [-0.05, 0) is 24.4 Å². The highest BCUT2D eigenvalue weighted by atomic mass is 35.5. The maximum atomic E-state index is 8.72. The molecule has 1 heterocycles. The smallest absolute Gasteiger partial charge is 0.231 e. The first kappa shape index (κ1) is 15.4. The van der Waals surface area contributed by atoms with E-state index < -0.39 is 0 Å². The molecule has 0 aromatic carbocycles. The summed E-state index contributed by atoms with van der Waals surface area (Å²) in [6.07, 6.45) is 0.423. The summed E-state index contributed by atoms with van der Waals surface area (Å²) in [4.78, 5) is 14.4. The number of hydrogen-bond donors (Lipinski definition) is 1. The van der Waals surface area contributed by atoms with Crippen molar-refractivity contribution in [3.63, 3.8) is 0 Å². The van der Waals surface area contributed by atoms with Crippen LogP contribution in [-0.4, -0.2) is 34.6 Å². The Balaban J connectivity index is 2.96. The van der Waals surface area contributed by atoms with Crippen molar-refractivity contribution < 1.29 is 0 Å². The molecule has 0 unspecified atom stereocenters. The molecule has 0 amide bonds. The molecule has 7 heteroatoms. The van der Waals surface area contributed by atoms with Gasteiger partial charge in [-0.2, -0.15) is 20.2 Å². The monoisotopic (exact) mass is 282 g/mol. The van der Waals surface area contributed by atoms with Crippen LogP contribution >= 0.6 is 11.6 Å². The normalized spacial score (nSPS) is 10.3. The maximum Gasteiger partial charge on any atom is 0.231 e. The lowest BCUT2D eigenvalue weighted by Gasteiger charge is -2.23. The standard InChI is InChI=1S/C12H19ClN6/c1-4-15-11-16-10(13)17-12(18-11)19(7-5-6-14)8-9(2)3/h9H,4-5,7-8H2,1-3H3,(H,15,16,17,18). The lowest BCUT2D eigenvalue weighted by Crippen LogP contribution is -2.30. The van der Waals surface area contributed by atoms with Crippen molar-refractivity contribution in [2.24, 2.45) is 5.92 Å². The molecular formula is C12H19ClN6. The van der Waals surface area contributed by atoms with Crippen LogP contribution in [0.3, 0.4) is 0 Å². The summed E-state index contributed by atoms with van der Waals surface area (Å²) in [5, 5.41) is 11.9. The van der Waals surface area contributed by atoms with Crippen LogP contribution in [0, 0.1) is 17.2 Å². The van der Waals surface area contributed by atoms with E-state index >= 15 is 0 Å². The van der Waals surface area contributed by atoms with E-state index in [2.05, 4.69) is 40.2 Å². The van der Waals surface area contributed by atoms with E-state index in [9.17, 15) is 0 Å². The number of nitriles is 1. The molecule has 104 valence electrons. The zero-order valence-electron chi connectivity index (χ0n) is 11.5. The van der Waals surface area contributed by atoms with Gasteiger partial charge in [0, 0.05) is 19.6 Å². The van der Waals surface area contributed by atoms with Crippen molar-refractivity contribution in [2.45, 2.75) is 27.2 Å².